The van der Waals surface area contributed by atoms with Crippen LogP contribution in [0.25, 0.3) is 33.4 Å². The molecule has 0 spiro atoms. The molecule has 3 aliphatic heterocycles. The predicted molar refractivity (Wildman–Crippen MR) is 143 cm³/mol. The molecule has 2 N–H and O–H groups in total. The number of nitrogens with zero attached hydrogens (tertiary/aromatic N) is 2. The van der Waals surface area contributed by atoms with Crippen LogP contribution in [-0.4, -0.2) is 83.8 Å². The monoisotopic (exact) mass is 531 g/mol. The average Bonchev–Trinajstić information content (AvgIpc) is 3.71. The number of fused-ring (bicyclic) bond motifs is 2. The highest BCUT2D eigenvalue weighted by atomic mass is 19.1. The molecule has 0 saturated carbocycles. The fraction of sp³-hybridized carbons (Fsp3) is 0.367. The van der Waals surface area contributed by atoms with Crippen molar-refractivity contribution in [2.24, 2.45) is 0 Å². The van der Waals surface area contributed by atoms with Crippen LogP contribution in [0.1, 0.15) is 6.42 Å². The third-order valence-electron chi connectivity index (χ3n) is 7.79. The zero-order chi connectivity index (χ0) is 26.5. The zero-order valence-electron chi connectivity index (χ0n) is 21.5. The average molecular weight is 532 g/mol. The van der Waals surface area contributed by atoms with Crippen LogP contribution in [0.3, 0.4) is 0 Å². The van der Waals surface area contributed by atoms with Gasteiger partial charge >= 0.3 is 0 Å². The van der Waals surface area contributed by atoms with Crippen molar-refractivity contribution in [2.45, 2.75) is 36.9 Å². The number of H-pyrrole nitrogens is 1. The van der Waals surface area contributed by atoms with E-state index in [0.717, 1.165) is 36.4 Å². The summed E-state index contributed by atoms with van der Waals surface area (Å²) in [5.74, 6) is 0.906. The maximum absolute atomic E-state index is 15.1. The van der Waals surface area contributed by atoms with Gasteiger partial charge in [-0.1, -0.05) is 36.4 Å². The van der Waals surface area contributed by atoms with E-state index in [4.69, 9.17) is 18.9 Å². The molecule has 4 aromatic rings. The number of aromatic nitrogens is 2. The lowest BCUT2D eigenvalue weighted by molar-refractivity contribution is 0.00794. The first-order valence-corrected chi connectivity index (χ1v) is 13.3. The maximum atomic E-state index is 15.1. The van der Waals surface area contributed by atoms with Crippen LogP contribution in [0.2, 0.25) is 0 Å². The summed E-state index contributed by atoms with van der Waals surface area (Å²) < 4.78 is 38.5. The largest absolute Gasteiger partial charge is 0.489 e. The number of aliphatic hydroxyl groups is 1. The van der Waals surface area contributed by atoms with Crippen molar-refractivity contribution in [3.05, 3.63) is 66.5 Å². The second-order valence-corrected chi connectivity index (χ2v) is 10.6. The van der Waals surface area contributed by atoms with E-state index in [1.807, 2.05) is 48.5 Å². The van der Waals surface area contributed by atoms with E-state index in [1.165, 1.54) is 6.07 Å². The van der Waals surface area contributed by atoms with Gasteiger partial charge in [0.15, 0.2) is 17.8 Å². The number of aliphatic hydroxyl groups excluding tert-OH is 1. The quantitative estimate of drug-likeness (QED) is 0.389. The van der Waals surface area contributed by atoms with Gasteiger partial charge in [-0.05, 0) is 36.7 Å². The molecule has 5 atom stereocenters. The predicted octanol–water partition coefficient (Wildman–Crippen LogP) is 4.02. The fourth-order valence-corrected chi connectivity index (χ4v) is 5.71. The Balaban J connectivity index is 1.06. The second-order valence-electron chi connectivity index (χ2n) is 10.6. The van der Waals surface area contributed by atoms with Gasteiger partial charge in [0.05, 0.1) is 24.2 Å². The van der Waals surface area contributed by atoms with Crippen molar-refractivity contribution in [1.82, 2.24) is 14.9 Å². The van der Waals surface area contributed by atoms with E-state index < -0.39 is 11.9 Å². The molecule has 0 aliphatic carbocycles. The Morgan fingerprint density at radius 1 is 0.949 bits per heavy atom. The van der Waals surface area contributed by atoms with E-state index in [-0.39, 0.29) is 36.7 Å². The van der Waals surface area contributed by atoms with Crippen LogP contribution < -0.4 is 9.47 Å². The first kappa shape index (κ1) is 24.5. The van der Waals surface area contributed by atoms with Crippen LogP contribution in [-0.2, 0) is 9.47 Å². The third kappa shape index (κ3) is 4.76. The van der Waals surface area contributed by atoms with Crippen molar-refractivity contribution in [2.75, 3.05) is 33.4 Å². The van der Waals surface area contributed by atoms with E-state index in [2.05, 4.69) is 21.9 Å². The number of hydrogen-bond donors (Lipinski definition) is 2. The minimum absolute atomic E-state index is 0.231. The van der Waals surface area contributed by atoms with Crippen LogP contribution in [0.15, 0.2) is 60.7 Å². The van der Waals surface area contributed by atoms with E-state index in [1.54, 1.807) is 6.07 Å². The van der Waals surface area contributed by atoms with Gasteiger partial charge in [0, 0.05) is 30.8 Å². The third-order valence-corrected chi connectivity index (χ3v) is 7.79. The highest BCUT2D eigenvalue weighted by Crippen LogP contribution is 2.33. The molecule has 5 heterocycles. The molecule has 7 rings (SSSR count). The molecule has 39 heavy (non-hydrogen) atoms. The number of rotatable bonds is 6. The molecule has 8 nitrogen and oxygen atoms in total. The number of likely N-dealkylation sites (N-methyl/N-ethyl adjacent to an activating group) is 1. The van der Waals surface area contributed by atoms with Crippen LogP contribution in [0, 0.1) is 5.82 Å². The lowest BCUT2D eigenvalue weighted by atomic mass is 10.0. The molecule has 0 bridgehead atoms. The summed E-state index contributed by atoms with van der Waals surface area (Å²) in [6, 6.07) is 19.0. The number of nitrogens with one attached hydrogen (secondary N) is 1. The summed E-state index contributed by atoms with van der Waals surface area (Å²) in [5, 5.41) is 9.94. The number of benzene rings is 2. The molecule has 3 saturated heterocycles. The van der Waals surface area contributed by atoms with Crippen LogP contribution in [0.5, 0.6) is 11.6 Å². The van der Waals surface area contributed by atoms with Gasteiger partial charge in [0.1, 0.15) is 35.9 Å². The normalized spacial score (nSPS) is 26.8. The molecule has 0 radical (unpaired) electrons. The molecule has 0 amide bonds. The summed E-state index contributed by atoms with van der Waals surface area (Å²) in [6.07, 6.45) is -0.431. The minimum Gasteiger partial charge on any atom is -0.489 e. The van der Waals surface area contributed by atoms with Crippen molar-refractivity contribution in [3.63, 3.8) is 0 Å². The number of aromatic amines is 1. The van der Waals surface area contributed by atoms with Crippen LogP contribution in [0.4, 0.5) is 4.39 Å². The fourth-order valence-electron chi connectivity index (χ4n) is 5.71. The molecule has 3 fully saturated rings. The Morgan fingerprint density at radius 2 is 1.67 bits per heavy atom. The van der Waals surface area contributed by atoms with E-state index in [0.29, 0.717) is 29.1 Å². The second kappa shape index (κ2) is 9.91. The van der Waals surface area contributed by atoms with Crippen molar-refractivity contribution >= 4 is 11.0 Å². The molecule has 202 valence electrons. The number of ether oxygens (including phenoxy) is 4. The Hall–Kier alpha value is -3.50. The summed E-state index contributed by atoms with van der Waals surface area (Å²) >= 11 is 0. The molecule has 3 unspecified atom stereocenters. The Kier molecular flexibility index (Phi) is 6.24. The topological polar surface area (TPSA) is 89.1 Å². The molecule has 2 aromatic heterocycles. The van der Waals surface area contributed by atoms with Gasteiger partial charge in [-0.25, -0.2) is 9.37 Å². The number of pyridine rings is 1. The van der Waals surface area contributed by atoms with Crippen molar-refractivity contribution in [1.29, 1.82) is 0 Å². The Labute approximate surface area is 225 Å². The SMILES string of the molecule is CN1CCC(Oc2ccc(-c3ccc(-c4nc5cc(O[C@@H]6COC7C6OC[C@H]7O)[nH]c5cc4F)cc3)cc2)C1. The molecular formula is C30H30FN3O5. The van der Waals surface area contributed by atoms with E-state index >= 15 is 4.39 Å². The highest BCUT2D eigenvalue weighted by Gasteiger charge is 2.48. The summed E-state index contributed by atoms with van der Waals surface area (Å²) in [5.41, 5.74) is 4.19. The summed E-state index contributed by atoms with van der Waals surface area (Å²) in [7, 11) is 2.11. The lowest BCUT2D eigenvalue weighted by Crippen LogP contribution is -2.34. The first-order valence-electron chi connectivity index (χ1n) is 13.3. The van der Waals surface area contributed by atoms with Crippen LogP contribution >= 0.6 is 0 Å². The van der Waals surface area contributed by atoms with Gasteiger partial charge in [-0.3, -0.25) is 0 Å². The Bertz CT molecular complexity index is 1470. The van der Waals surface area contributed by atoms with Crippen molar-refractivity contribution in [3.8, 4) is 34.0 Å². The maximum Gasteiger partial charge on any atom is 0.193 e. The standard InChI is InChI=1S/C30H30FN3O5/c1-34-11-10-21(14-34)38-20-8-6-18(7-9-20)17-2-4-19(5-3-17)28-22(31)12-23-24(33-28)13-27(32-23)39-26-16-37-29-25(35)15-36-30(26)29/h2-9,12-13,21,25-26,29-30,32,35H,10-11,14-16H2,1H3/t21?,25-,26-,29?,30?/m1/s1. The highest BCUT2D eigenvalue weighted by molar-refractivity contribution is 5.81. The minimum atomic E-state index is -0.645. The number of halogens is 1. The summed E-state index contributed by atoms with van der Waals surface area (Å²) in [4.78, 5) is 9.93. The number of hydrogen-bond acceptors (Lipinski definition) is 7. The van der Waals surface area contributed by atoms with Gasteiger partial charge in [0.25, 0.3) is 0 Å². The molecular weight excluding hydrogens is 501 g/mol. The van der Waals surface area contributed by atoms with Gasteiger partial charge < -0.3 is 33.9 Å². The van der Waals surface area contributed by atoms with Gasteiger partial charge in [0.2, 0.25) is 0 Å². The zero-order valence-corrected chi connectivity index (χ0v) is 21.5. The van der Waals surface area contributed by atoms with E-state index in [9.17, 15) is 5.11 Å². The van der Waals surface area contributed by atoms with Gasteiger partial charge in [-0.15, -0.1) is 0 Å². The lowest BCUT2D eigenvalue weighted by Gasteiger charge is -2.16. The summed E-state index contributed by atoms with van der Waals surface area (Å²) in [6.45, 7) is 2.56. The first-order chi connectivity index (χ1) is 19.0. The smallest absolute Gasteiger partial charge is 0.193 e. The van der Waals surface area contributed by atoms with Crippen molar-refractivity contribution < 1.29 is 28.4 Å². The molecule has 2 aromatic carbocycles. The van der Waals surface area contributed by atoms with Gasteiger partial charge in [-0.2, -0.15) is 0 Å². The Morgan fingerprint density at radius 3 is 2.41 bits per heavy atom. The molecule has 9 heteroatoms. The number of likely N-dealkylation sites (tertiary alicyclic amines) is 1. The molecule has 3 aliphatic rings.